The van der Waals surface area contributed by atoms with E-state index in [2.05, 4.69) is 10.6 Å². The number of nitrogens with one attached hydrogen (secondary N) is 2. The van der Waals surface area contributed by atoms with E-state index in [-0.39, 0.29) is 11.7 Å². The van der Waals surface area contributed by atoms with Gasteiger partial charge >= 0.3 is 0 Å². The van der Waals surface area contributed by atoms with Crippen molar-refractivity contribution in [3.8, 4) is 22.9 Å². The van der Waals surface area contributed by atoms with Gasteiger partial charge in [0.15, 0.2) is 11.6 Å². The number of aromatic nitrogens is 2. The molecule has 5 rings (SSSR count). The minimum atomic E-state index is -0.517. The van der Waals surface area contributed by atoms with E-state index in [1.807, 2.05) is 48.7 Å². The van der Waals surface area contributed by atoms with Crippen LogP contribution in [0.5, 0.6) is 17.2 Å². The van der Waals surface area contributed by atoms with Gasteiger partial charge in [0.1, 0.15) is 23.3 Å². The zero-order valence-electron chi connectivity index (χ0n) is 22.4. The zero-order valence-corrected chi connectivity index (χ0v) is 22.4. The van der Waals surface area contributed by atoms with E-state index in [4.69, 9.17) is 19.2 Å². The number of nitrogens with zero attached hydrogens (tertiary/aromatic N) is 2. The number of benzene rings is 3. The first kappa shape index (κ1) is 26.5. The average molecular weight is 533 g/mol. The van der Waals surface area contributed by atoms with Gasteiger partial charge < -0.3 is 24.8 Å². The second-order valence-electron chi connectivity index (χ2n) is 9.65. The summed E-state index contributed by atoms with van der Waals surface area (Å²) in [6.45, 7) is 6.67. The van der Waals surface area contributed by atoms with Gasteiger partial charge in [-0.2, -0.15) is 0 Å². The molecule has 204 valence electrons. The third-order valence-corrected chi connectivity index (χ3v) is 6.98. The van der Waals surface area contributed by atoms with Crippen molar-refractivity contribution < 1.29 is 23.4 Å². The summed E-state index contributed by atoms with van der Waals surface area (Å²) in [5.41, 5.74) is 4.70. The molecule has 0 spiro atoms. The Morgan fingerprint density at radius 1 is 1.13 bits per heavy atom. The summed E-state index contributed by atoms with van der Waals surface area (Å²) in [5, 5.41) is 6.40. The lowest BCUT2D eigenvalue weighted by molar-refractivity contribution is 0.0699. The number of hydrogen-bond acceptors (Lipinski definition) is 6. The van der Waals surface area contributed by atoms with E-state index >= 15 is 0 Å². The van der Waals surface area contributed by atoms with E-state index < -0.39 is 5.82 Å². The molecule has 2 N–H and O–H groups in total. The fourth-order valence-electron chi connectivity index (χ4n) is 4.82. The Morgan fingerprint density at radius 2 is 1.95 bits per heavy atom. The van der Waals surface area contributed by atoms with Crippen molar-refractivity contribution >= 4 is 22.6 Å². The molecule has 2 heterocycles. The molecular formula is C30H33FN4O4. The first-order valence-electron chi connectivity index (χ1n) is 13.2. The molecule has 0 atom stereocenters. The molecule has 1 amide bonds. The van der Waals surface area contributed by atoms with Crippen LogP contribution in [0.4, 0.5) is 10.1 Å². The van der Waals surface area contributed by atoms with Crippen LogP contribution in [-0.4, -0.2) is 48.9 Å². The summed E-state index contributed by atoms with van der Waals surface area (Å²) in [4.78, 5) is 17.1. The topological polar surface area (TPSA) is 86.6 Å². The van der Waals surface area contributed by atoms with Crippen molar-refractivity contribution in [1.82, 2.24) is 14.9 Å². The molecule has 0 radical (unpaired) electrons. The van der Waals surface area contributed by atoms with Gasteiger partial charge in [-0.05, 0) is 68.5 Å². The summed E-state index contributed by atoms with van der Waals surface area (Å²) in [7, 11) is 1.49. The molecule has 0 unspecified atom stereocenters. The second kappa shape index (κ2) is 11.7. The van der Waals surface area contributed by atoms with Crippen LogP contribution in [0.15, 0.2) is 54.9 Å². The van der Waals surface area contributed by atoms with Gasteiger partial charge in [-0.1, -0.05) is 0 Å². The highest BCUT2D eigenvalue weighted by Crippen LogP contribution is 2.35. The normalized spacial score (nSPS) is 13.8. The maximum atomic E-state index is 14.7. The Hall–Kier alpha value is -4.11. The van der Waals surface area contributed by atoms with Crippen LogP contribution in [0.2, 0.25) is 0 Å². The van der Waals surface area contributed by atoms with E-state index in [1.54, 1.807) is 18.5 Å². The third-order valence-electron chi connectivity index (χ3n) is 6.98. The predicted molar refractivity (Wildman–Crippen MR) is 149 cm³/mol. The van der Waals surface area contributed by atoms with E-state index in [0.29, 0.717) is 29.5 Å². The summed E-state index contributed by atoms with van der Waals surface area (Å²) in [5.74, 6) is 0.852. The van der Waals surface area contributed by atoms with Gasteiger partial charge in [-0.3, -0.25) is 9.36 Å². The molecule has 0 aliphatic carbocycles. The Balaban J connectivity index is 1.53. The van der Waals surface area contributed by atoms with Gasteiger partial charge in [-0.25, -0.2) is 9.37 Å². The van der Waals surface area contributed by atoms with Gasteiger partial charge in [0, 0.05) is 55.8 Å². The number of carbonyl (C=O) groups is 1. The van der Waals surface area contributed by atoms with Gasteiger partial charge in [0.05, 0.1) is 18.3 Å². The maximum absolute atomic E-state index is 14.7. The van der Waals surface area contributed by atoms with Crippen LogP contribution < -0.4 is 20.1 Å². The molecule has 9 heteroatoms. The van der Waals surface area contributed by atoms with Gasteiger partial charge in [0.2, 0.25) is 0 Å². The number of rotatable bonds is 9. The number of imidazole rings is 1. The molecule has 1 aliphatic heterocycles. The third kappa shape index (κ3) is 5.83. The van der Waals surface area contributed by atoms with Crippen molar-refractivity contribution in [2.75, 3.05) is 38.7 Å². The van der Waals surface area contributed by atoms with Crippen LogP contribution in [0.1, 0.15) is 35.7 Å². The SMILES string of the molecule is CCNC(=O)c1ccc(-n2cnc3c(NCC4CCOCC4)cc(Oc4ccc(OC)cc4F)cc32)cc1C. The predicted octanol–water partition coefficient (Wildman–Crippen LogP) is 5.86. The van der Waals surface area contributed by atoms with Crippen LogP contribution in [-0.2, 0) is 4.74 Å². The van der Waals surface area contributed by atoms with Crippen LogP contribution >= 0.6 is 0 Å². The number of methoxy groups -OCH3 is 1. The Labute approximate surface area is 227 Å². The number of fused-ring (bicyclic) bond motifs is 1. The van der Waals surface area contributed by atoms with Crippen LogP contribution in [0.25, 0.3) is 16.7 Å². The van der Waals surface area contributed by atoms with E-state index in [9.17, 15) is 9.18 Å². The highest BCUT2D eigenvalue weighted by atomic mass is 19.1. The average Bonchev–Trinajstić information content (AvgIpc) is 3.37. The van der Waals surface area contributed by atoms with E-state index in [0.717, 1.165) is 60.6 Å². The monoisotopic (exact) mass is 532 g/mol. The minimum Gasteiger partial charge on any atom is -0.497 e. The molecule has 1 aliphatic rings. The van der Waals surface area contributed by atoms with Gasteiger partial charge in [0.25, 0.3) is 5.91 Å². The Bertz CT molecular complexity index is 1480. The number of halogens is 1. The second-order valence-corrected chi connectivity index (χ2v) is 9.65. The number of amides is 1. The summed E-state index contributed by atoms with van der Waals surface area (Å²) in [6.07, 6.45) is 3.74. The Morgan fingerprint density at radius 3 is 2.67 bits per heavy atom. The van der Waals surface area contributed by atoms with Crippen molar-refractivity contribution in [3.05, 3.63) is 71.8 Å². The number of aryl methyl sites for hydroxylation is 1. The highest BCUT2D eigenvalue weighted by Gasteiger charge is 2.18. The molecule has 3 aromatic carbocycles. The maximum Gasteiger partial charge on any atom is 0.251 e. The van der Waals surface area contributed by atoms with Crippen molar-refractivity contribution in [2.24, 2.45) is 5.92 Å². The quantitative estimate of drug-likeness (QED) is 0.281. The minimum absolute atomic E-state index is 0.0960. The molecule has 8 nitrogen and oxygen atoms in total. The smallest absolute Gasteiger partial charge is 0.251 e. The number of ether oxygens (including phenoxy) is 3. The summed E-state index contributed by atoms with van der Waals surface area (Å²) >= 11 is 0. The fraction of sp³-hybridized carbons (Fsp3) is 0.333. The standard InChI is InChI=1S/C30H33FN4O4/c1-4-32-30(36)24-7-5-21(13-19(24)2)35-18-34-29-26(33-17-20-9-11-38-12-10-20)15-23(16-27(29)35)39-28-8-6-22(37-3)14-25(28)31/h5-8,13-16,18,20,33H,4,9-12,17H2,1-3H3,(H,32,36). The fourth-order valence-corrected chi connectivity index (χ4v) is 4.82. The van der Waals surface area contributed by atoms with Crippen molar-refractivity contribution in [2.45, 2.75) is 26.7 Å². The lowest BCUT2D eigenvalue weighted by atomic mass is 10.0. The van der Waals surface area contributed by atoms with Gasteiger partial charge in [-0.15, -0.1) is 0 Å². The summed E-state index contributed by atoms with van der Waals surface area (Å²) in [6, 6.07) is 13.9. The molecule has 39 heavy (non-hydrogen) atoms. The molecule has 0 saturated carbocycles. The lowest BCUT2D eigenvalue weighted by Crippen LogP contribution is -2.23. The Kier molecular flexibility index (Phi) is 7.97. The molecule has 4 aromatic rings. The lowest BCUT2D eigenvalue weighted by Gasteiger charge is -2.23. The van der Waals surface area contributed by atoms with Crippen molar-refractivity contribution in [3.63, 3.8) is 0 Å². The molecule has 1 saturated heterocycles. The molecular weight excluding hydrogens is 499 g/mol. The molecule has 1 fully saturated rings. The van der Waals surface area contributed by atoms with Crippen molar-refractivity contribution in [1.29, 1.82) is 0 Å². The summed E-state index contributed by atoms with van der Waals surface area (Å²) < 4.78 is 33.3. The largest absolute Gasteiger partial charge is 0.497 e. The first-order chi connectivity index (χ1) is 19.0. The number of hydrogen-bond donors (Lipinski definition) is 2. The zero-order chi connectivity index (χ0) is 27.4. The number of anilines is 1. The van der Waals surface area contributed by atoms with E-state index in [1.165, 1.54) is 13.2 Å². The highest BCUT2D eigenvalue weighted by molar-refractivity contribution is 5.96. The first-order valence-corrected chi connectivity index (χ1v) is 13.2. The molecule has 1 aromatic heterocycles. The number of carbonyl (C=O) groups excluding carboxylic acids is 1. The van der Waals surface area contributed by atoms with Crippen LogP contribution in [0.3, 0.4) is 0 Å². The van der Waals surface area contributed by atoms with Crippen LogP contribution in [0, 0.1) is 18.7 Å². The molecule has 0 bridgehead atoms.